The summed E-state index contributed by atoms with van der Waals surface area (Å²) in [6.45, 7) is 6.44. The molecule has 0 radical (unpaired) electrons. The first-order chi connectivity index (χ1) is 12.9. The zero-order valence-corrected chi connectivity index (χ0v) is 17.6. The molecule has 2 aromatic rings. The maximum Gasteiger partial charge on any atom is 0.313 e. The van der Waals surface area contributed by atoms with Gasteiger partial charge in [0.1, 0.15) is 0 Å². The van der Waals surface area contributed by atoms with Crippen LogP contribution < -0.4 is 0 Å². The van der Waals surface area contributed by atoms with Crippen LogP contribution in [0.15, 0.2) is 59.6 Å². The summed E-state index contributed by atoms with van der Waals surface area (Å²) in [7, 11) is 0. The number of carbonyl (C=O) groups is 1. The van der Waals surface area contributed by atoms with Gasteiger partial charge in [0.25, 0.3) is 0 Å². The number of hydrogen-bond acceptors (Lipinski definition) is 2. The minimum absolute atomic E-state index is 0.205. The molecule has 4 heteroatoms. The van der Waals surface area contributed by atoms with E-state index in [1.807, 2.05) is 49.4 Å². The standard InChI is InChI=1S/C23H26Cl2O2/c1-16(2)15-18-9-11-19(12-10-18)17(3)23(26)27-14-13-21(24)22(25)20-7-5-4-6-8-20/h4-12,16-17H,13-15H2,1-3H3/b22-21+. The number of halogens is 2. The number of benzene rings is 2. The molecule has 0 saturated heterocycles. The van der Waals surface area contributed by atoms with Gasteiger partial charge in [0.15, 0.2) is 0 Å². The summed E-state index contributed by atoms with van der Waals surface area (Å²) in [6, 6.07) is 17.7. The molecule has 0 aliphatic heterocycles. The zero-order valence-electron chi connectivity index (χ0n) is 16.0. The minimum Gasteiger partial charge on any atom is -0.465 e. The predicted octanol–water partition coefficient (Wildman–Crippen LogP) is 6.77. The Morgan fingerprint density at radius 2 is 1.59 bits per heavy atom. The fraction of sp³-hybridized carbons (Fsp3) is 0.348. The summed E-state index contributed by atoms with van der Waals surface area (Å²) in [6.07, 6.45) is 1.42. The van der Waals surface area contributed by atoms with Gasteiger partial charge in [-0.2, -0.15) is 0 Å². The first-order valence-corrected chi connectivity index (χ1v) is 9.99. The molecule has 2 nitrogen and oxygen atoms in total. The van der Waals surface area contributed by atoms with Crippen molar-refractivity contribution in [3.63, 3.8) is 0 Å². The molecule has 0 aliphatic rings. The Balaban J connectivity index is 1.87. The van der Waals surface area contributed by atoms with Gasteiger partial charge in [-0.05, 0) is 36.0 Å². The highest BCUT2D eigenvalue weighted by Gasteiger charge is 2.17. The zero-order chi connectivity index (χ0) is 19.8. The molecule has 1 unspecified atom stereocenters. The van der Waals surface area contributed by atoms with E-state index in [9.17, 15) is 4.79 Å². The summed E-state index contributed by atoms with van der Waals surface area (Å²) in [5.41, 5.74) is 3.09. The molecule has 0 spiro atoms. The fourth-order valence-corrected chi connectivity index (χ4v) is 3.17. The average molecular weight is 405 g/mol. The molecule has 0 fully saturated rings. The van der Waals surface area contributed by atoms with Gasteiger partial charge in [-0.3, -0.25) is 4.79 Å². The van der Waals surface area contributed by atoms with E-state index in [2.05, 4.69) is 26.0 Å². The van der Waals surface area contributed by atoms with E-state index in [0.29, 0.717) is 22.4 Å². The van der Waals surface area contributed by atoms with E-state index in [0.717, 1.165) is 17.5 Å². The summed E-state index contributed by atoms with van der Waals surface area (Å²) in [5.74, 6) is 0.0381. The normalized spacial score (nSPS) is 13.3. The molecular weight excluding hydrogens is 379 g/mol. The van der Waals surface area contributed by atoms with Gasteiger partial charge in [-0.15, -0.1) is 0 Å². The lowest BCUT2D eigenvalue weighted by molar-refractivity contribution is -0.144. The van der Waals surface area contributed by atoms with Gasteiger partial charge in [0.05, 0.1) is 17.6 Å². The maximum absolute atomic E-state index is 12.3. The Hall–Kier alpha value is -1.77. The van der Waals surface area contributed by atoms with Crippen LogP contribution in [0.5, 0.6) is 0 Å². The second-order valence-corrected chi connectivity index (χ2v) is 7.90. The number of ether oxygens (including phenoxy) is 1. The van der Waals surface area contributed by atoms with Crippen molar-refractivity contribution in [1.29, 1.82) is 0 Å². The lowest BCUT2D eigenvalue weighted by Crippen LogP contribution is -2.14. The van der Waals surface area contributed by atoms with Gasteiger partial charge in [-0.25, -0.2) is 0 Å². The predicted molar refractivity (Wildman–Crippen MR) is 114 cm³/mol. The van der Waals surface area contributed by atoms with Crippen LogP contribution in [0.3, 0.4) is 0 Å². The number of rotatable bonds is 8. The molecule has 1 atom stereocenters. The van der Waals surface area contributed by atoms with Crippen LogP contribution >= 0.6 is 23.2 Å². The largest absolute Gasteiger partial charge is 0.465 e. The number of hydrogen-bond donors (Lipinski definition) is 0. The minimum atomic E-state index is -0.314. The molecule has 0 saturated carbocycles. The van der Waals surface area contributed by atoms with Crippen molar-refractivity contribution < 1.29 is 9.53 Å². The Morgan fingerprint density at radius 3 is 2.19 bits per heavy atom. The third kappa shape index (κ3) is 6.71. The van der Waals surface area contributed by atoms with Crippen LogP contribution in [0, 0.1) is 5.92 Å². The van der Waals surface area contributed by atoms with Crippen molar-refractivity contribution in [2.45, 2.75) is 39.5 Å². The molecule has 0 heterocycles. The second-order valence-electron chi connectivity index (χ2n) is 7.06. The highest BCUT2D eigenvalue weighted by molar-refractivity contribution is 6.54. The van der Waals surface area contributed by atoms with E-state index in [4.69, 9.17) is 27.9 Å². The second kappa shape index (κ2) is 10.5. The van der Waals surface area contributed by atoms with Gasteiger partial charge in [0.2, 0.25) is 0 Å². The molecular formula is C23H26Cl2O2. The molecule has 27 heavy (non-hydrogen) atoms. The van der Waals surface area contributed by atoms with E-state index in [1.165, 1.54) is 5.56 Å². The van der Waals surface area contributed by atoms with Crippen molar-refractivity contribution in [1.82, 2.24) is 0 Å². The summed E-state index contributed by atoms with van der Waals surface area (Å²) >= 11 is 12.5. The van der Waals surface area contributed by atoms with Gasteiger partial charge >= 0.3 is 5.97 Å². The van der Waals surface area contributed by atoms with Crippen molar-refractivity contribution in [3.05, 3.63) is 76.3 Å². The van der Waals surface area contributed by atoms with Crippen molar-refractivity contribution >= 4 is 34.2 Å². The Morgan fingerprint density at radius 1 is 0.963 bits per heavy atom. The maximum atomic E-state index is 12.3. The highest BCUT2D eigenvalue weighted by Crippen LogP contribution is 2.27. The average Bonchev–Trinajstić information content (AvgIpc) is 2.67. The van der Waals surface area contributed by atoms with Gasteiger partial charge < -0.3 is 4.74 Å². The lowest BCUT2D eigenvalue weighted by Gasteiger charge is -2.13. The summed E-state index contributed by atoms with van der Waals surface area (Å²) < 4.78 is 5.39. The molecule has 0 aliphatic carbocycles. The lowest BCUT2D eigenvalue weighted by atomic mass is 9.97. The van der Waals surface area contributed by atoms with Crippen LogP contribution in [0.25, 0.3) is 5.03 Å². The smallest absolute Gasteiger partial charge is 0.313 e. The third-order valence-corrected chi connectivity index (χ3v) is 5.23. The molecule has 0 bridgehead atoms. The Kier molecular flexibility index (Phi) is 8.40. The monoisotopic (exact) mass is 404 g/mol. The quantitative estimate of drug-likeness (QED) is 0.453. The molecule has 2 aromatic carbocycles. The van der Waals surface area contributed by atoms with Crippen molar-refractivity contribution in [2.24, 2.45) is 5.92 Å². The van der Waals surface area contributed by atoms with Gasteiger partial charge in [-0.1, -0.05) is 91.6 Å². The van der Waals surface area contributed by atoms with Crippen LogP contribution in [-0.4, -0.2) is 12.6 Å². The van der Waals surface area contributed by atoms with Crippen LogP contribution in [0.4, 0.5) is 0 Å². The summed E-state index contributed by atoms with van der Waals surface area (Å²) in [4.78, 5) is 12.3. The third-order valence-electron chi connectivity index (χ3n) is 4.31. The van der Waals surface area contributed by atoms with Crippen LogP contribution in [-0.2, 0) is 16.0 Å². The molecule has 0 amide bonds. The highest BCUT2D eigenvalue weighted by atomic mass is 35.5. The number of carbonyl (C=O) groups excluding carboxylic acids is 1. The Bertz CT molecular complexity index is 765. The fourth-order valence-electron chi connectivity index (χ4n) is 2.77. The van der Waals surface area contributed by atoms with E-state index < -0.39 is 0 Å². The Labute approximate surface area is 172 Å². The molecule has 2 rings (SSSR count). The molecule has 0 N–H and O–H groups in total. The topological polar surface area (TPSA) is 26.3 Å². The van der Waals surface area contributed by atoms with Crippen LogP contribution in [0.2, 0.25) is 0 Å². The van der Waals surface area contributed by atoms with Crippen LogP contribution in [0.1, 0.15) is 49.8 Å². The van der Waals surface area contributed by atoms with Crippen molar-refractivity contribution in [2.75, 3.05) is 6.61 Å². The van der Waals surface area contributed by atoms with Gasteiger partial charge in [0, 0.05) is 11.5 Å². The number of esters is 1. The first kappa shape index (κ1) is 21.5. The van der Waals surface area contributed by atoms with E-state index >= 15 is 0 Å². The summed E-state index contributed by atoms with van der Waals surface area (Å²) in [5, 5.41) is 0.975. The molecule has 144 valence electrons. The van der Waals surface area contributed by atoms with E-state index in [1.54, 1.807) is 0 Å². The van der Waals surface area contributed by atoms with E-state index in [-0.39, 0.29) is 18.5 Å². The SMILES string of the molecule is CC(C)Cc1ccc(C(C)C(=O)OCC/C(Cl)=C(\Cl)c2ccccc2)cc1. The van der Waals surface area contributed by atoms with Crippen molar-refractivity contribution in [3.8, 4) is 0 Å². The molecule has 0 aromatic heterocycles. The first-order valence-electron chi connectivity index (χ1n) is 9.23.